The van der Waals surface area contributed by atoms with E-state index in [1.807, 2.05) is 18.7 Å². The Kier molecular flexibility index (Phi) is 4.71. The predicted octanol–water partition coefficient (Wildman–Crippen LogP) is 1.94. The van der Waals surface area contributed by atoms with Crippen LogP contribution in [-0.2, 0) is 11.3 Å². The van der Waals surface area contributed by atoms with Crippen LogP contribution in [0.15, 0.2) is 12.3 Å². The zero-order valence-electron chi connectivity index (χ0n) is 11.8. The number of ether oxygens (including phenoxy) is 1. The Morgan fingerprint density at radius 1 is 1.58 bits per heavy atom. The van der Waals surface area contributed by atoms with Crippen molar-refractivity contribution in [1.29, 1.82) is 0 Å². The number of hydrogen-bond acceptors (Lipinski definition) is 4. The monoisotopic (exact) mass is 267 g/mol. The van der Waals surface area contributed by atoms with Gasteiger partial charge in [-0.3, -0.25) is 0 Å². The van der Waals surface area contributed by atoms with Gasteiger partial charge >= 0.3 is 0 Å². The van der Waals surface area contributed by atoms with E-state index in [1.165, 1.54) is 0 Å². The molecule has 4 nitrogen and oxygen atoms in total. The van der Waals surface area contributed by atoms with Gasteiger partial charge in [-0.2, -0.15) is 0 Å². The first-order chi connectivity index (χ1) is 9.11. The van der Waals surface area contributed by atoms with E-state index in [9.17, 15) is 4.39 Å². The summed E-state index contributed by atoms with van der Waals surface area (Å²) in [6.45, 7) is 6.12. The maximum atomic E-state index is 14.4. The molecule has 2 heterocycles. The Hall–Kier alpha value is -1.20. The molecule has 1 aliphatic heterocycles. The number of halogens is 1. The molecule has 1 saturated heterocycles. The zero-order chi connectivity index (χ0) is 13.8. The minimum Gasteiger partial charge on any atom is -0.380 e. The molecule has 0 radical (unpaired) electrons. The van der Waals surface area contributed by atoms with Crippen molar-refractivity contribution >= 4 is 5.82 Å². The molecule has 1 fully saturated rings. The fraction of sp³-hybridized carbons (Fsp3) is 0.643. The fourth-order valence-electron chi connectivity index (χ4n) is 2.26. The number of nitrogens with one attached hydrogen (secondary N) is 1. The first-order valence-electron chi connectivity index (χ1n) is 6.76. The third kappa shape index (κ3) is 3.42. The van der Waals surface area contributed by atoms with E-state index in [0.29, 0.717) is 30.5 Å². The lowest BCUT2D eigenvalue weighted by Gasteiger charge is -2.19. The highest BCUT2D eigenvalue weighted by molar-refractivity contribution is 5.44. The van der Waals surface area contributed by atoms with E-state index < -0.39 is 0 Å². The van der Waals surface area contributed by atoms with Crippen molar-refractivity contribution in [1.82, 2.24) is 10.3 Å². The van der Waals surface area contributed by atoms with Crippen LogP contribution in [0.4, 0.5) is 10.2 Å². The second kappa shape index (κ2) is 6.30. The first-order valence-corrected chi connectivity index (χ1v) is 6.76. The summed E-state index contributed by atoms with van der Waals surface area (Å²) in [7, 11) is 1.70. The average molecular weight is 267 g/mol. The van der Waals surface area contributed by atoms with Crippen molar-refractivity contribution in [3.63, 3.8) is 0 Å². The average Bonchev–Trinajstić information content (AvgIpc) is 2.86. The van der Waals surface area contributed by atoms with Crippen LogP contribution in [0.2, 0.25) is 0 Å². The van der Waals surface area contributed by atoms with Gasteiger partial charge in [-0.1, -0.05) is 13.8 Å². The number of hydrogen-bond donors (Lipinski definition) is 1. The SMILES string of the molecule is COC1CCN(c2nccc(CNC(C)C)c2F)C1. The van der Waals surface area contributed by atoms with Crippen molar-refractivity contribution in [2.45, 2.75) is 39.0 Å². The predicted molar refractivity (Wildman–Crippen MR) is 73.8 cm³/mol. The quantitative estimate of drug-likeness (QED) is 0.884. The van der Waals surface area contributed by atoms with Gasteiger partial charge in [0, 0.05) is 44.5 Å². The molecule has 0 bridgehead atoms. The van der Waals surface area contributed by atoms with Crippen LogP contribution >= 0.6 is 0 Å². The Labute approximate surface area is 114 Å². The third-order valence-corrected chi connectivity index (χ3v) is 3.43. The van der Waals surface area contributed by atoms with Gasteiger partial charge in [-0.15, -0.1) is 0 Å². The highest BCUT2D eigenvalue weighted by atomic mass is 19.1. The molecule has 106 valence electrons. The highest BCUT2D eigenvalue weighted by Crippen LogP contribution is 2.24. The van der Waals surface area contributed by atoms with Crippen LogP contribution in [0.3, 0.4) is 0 Å². The minimum absolute atomic E-state index is 0.179. The number of pyridine rings is 1. The second-order valence-corrected chi connectivity index (χ2v) is 5.24. The summed E-state index contributed by atoms with van der Waals surface area (Å²) in [6, 6.07) is 2.07. The Balaban J connectivity index is 2.11. The largest absolute Gasteiger partial charge is 0.380 e. The second-order valence-electron chi connectivity index (χ2n) is 5.24. The van der Waals surface area contributed by atoms with Crippen LogP contribution in [0.5, 0.6) is 0 Å². The highest BCUT2D eigenvalue weighted by Gasteiger charge is 2.26. The van der Waals surface area contributed by atoms with Gasteiger partial charge in [0.1, 0.15) is 0 Å². The summed E-state index contributed by atoms with van der Waals surface area (Å²) >= 11 is 0. The molecule has 1 aliphatic rings. The lowest BCUT2D eigenvalue weighted by atomic mass is 10.2. The minimum atomic E-state index is -0.215. The molecule has 0 aliphatic carbocycles. The molecule has 0 aromatic carbocycles. The molecule has 2 rings (SSSR count). The molecule has 5 heteroatoms. The molecule has 0 amide bonds. The number of methoxy groups -OCH3 is 1. The van der Waals surface area contributed by atoms with Gasteiger partial charge in [-0.05, 0) is 12.5 Å². The maximum Gasteiger partial charge on any atom is 0.170 e. The van der Waals surface area contributed by atoms with Gasteiger partial charge < -0.3 is 15.0 Å². The van der Waals surface area contributed by atoms with E-state index in [1.54, 1.807) is 19.4 Å². The van der Waals surface area contributed by atoms with E-state index in [-0.39, 0.29) is 11.9 Å². The van der Waals surface area contributed by atoms with Gasteiger partial charge in [0.15, 0.2) is 11.6 Å². The first kappa shape index (κ1) is 14.2. The summed E-state index contributed by atoms with van der Waals surface area (Å²) in [5.41, 5.74) is 0.666. The van der Waals surface area contributed by atoms with Gasteiger partial charge in [0.05, 0.1) is 6.10 Å². The van der Waals surface area contributed by atoms with E-state index in [0.717, 1.165) is 13.0 Å². The molecule has 1 atom stereocenters. The number of anilines is 1. The van der Waals surface area contributed by atoms with Gasteiger partial charge in [0.2, 0.25) is 0 Å². The van der Waals surface area contributed by atoms with Crippen molar-refractivity contribution in [2.24, 2.45) is 0 Å². The van der Waals surface area contributed by atoms with Crippen molar-refractivity contribution < 1.29 is 9.13 Å². The van der Waals surface area contributed by atoms with Crippen molar-refractivity contribution in [3.8, 4) is 0 Å². The lowest BCUT2D eigenvalue weighted by Crippen LogP contribution is -2.26. The summed E-state index contributed by atoms with van der Waals surface area (Å²) in [5, 5.41) is 3.23. The smallest absolute Gasteiger partial charge is 0.170 e. The summed E-state index contributed by atoms with van der Waals surface area (Å²) < 4.78 is 19.7. The Morgan fingerprint density at radius 3 is 3.00 bits per heavy atom. The maximum absolute atomic E-state index is 14.4. The molecule has 1 aromatic heterocycles. The molecule has 19 heavy (non-hydrogen) atoms. The number of nitrogens with zero attached hydrogens (tertiary/aromatic N) is 2. The lowest BCUT2D eigenvalue weighted by molar-refractivity contribution is 0.121. The van der Waals surface area contributed by atoms with Crippen molar-refractivity contribution in [2.75, 3.05) is 25.1 Å². The standard InChI is InChI=1S/C14H22FN3O/c1-10(2)17-8-11-4-6-16-14(13(11)15)18-7-5-12(9-18)19-3/h4,6,10,12,17H,5,7-9H2,1-3H3. The third-order valence-electron chi connectivity index (χ3n) is 3.43. The van der Waals surface area contributed by atoms with E-state index >= 15 is 0 Å². The number of aromatic nitrogens is 1. The Morgan fingerprint density at radius 2 is 2.37 bits per heavy atom. The molecule has 0 spiro atoms. The normalized spacial score (nSPS) is 19.4. The summed E-state index contributed by atoms with van der Waals surface area (Å²) in [4.78, 5) is 6.15. The van der Waals surface area contributed by atoms with E-state index in [4.69, 9.17) is 4.74 Å². The van der Waals surface area contributed by atoms with Crippen molar-refractivity contribution in [3.05, 3.63) is 23.6 Å². The summed E-state index contributed by atoms with van der Waals surface area (Å²) in [6.07, 6.45) is 2.78. The van der Waals surface area contributed by atoms with Crippen LogP contribution in [0.25, 0.3) is 0 Å². The zero-order valence-corrected chi connectivity index (χ0v) is 11.8. The molecule has 1 N–H and O–H groups in total. The van der Waals surface area contributed by atoms with Crippen LogP contribution in [0, 0.1) is 5.82 Å². The van der Waals surface area contributed by atoms with Crippen LogP contribution in [-0.4, -0.2) is 37.3 Å². The van der Waals surface area contributed by atoms with E-state index in [2.05, 4.69) is 10.3 Å². The Bertz CT molecular complexity index is 425. The fourth-order valence-corrected chi connectivity index (χ4v) is 2.26. The van der Waals surface area contributed by atoms with Gasteiger partial charge in [0.25, 0.3) is 0 Å². The molecular formula is C14H22FN3O. The molecule has 0 saturated carbocycles. The topological polar surface area (TPSA) is 37.4 Å². The van der Waals surface area contributed by atoms with Gasteiger partial charge in [-0.25, -0.2) is 9.37 Å². The van der Waals surface area contributed by atoms with Crippen LogP contribution < -0.4 is 10.2 Å². The molecule has 1 aromatic rings. The molecular weight excluding hydrogens is 245 g/mol. The number of rotatable bonds is 5. The van der Waals surface area contributed by atoms with Crippen LogP contribution in [0.1, 0.15) is 25.8 Å². The summed E-state index contributed by atoms with van der Waals surface area (Å²) in [5.74, 6) is 0.231. The molecule has 1 unspecified atom stereocenters.